The van der Waals surface area contributed by atoms with Crippen molar-refractivity contribution in [1.82, 2.24) is 4.72 Å². The monoisotopic (exact) mass is 438 g/mol. The van der Waals surface area contributed by atoms with Gasteiger partial charge < -0.3 is 17.5 Å². The summed E-state index contributed by atoms with van der Waals surface area (Å²) < 4.78 is 46.3. The van der Waals surface area contributed by atoms with Gasteiger partial charge in [0.25, 0.3) is 0 Å². The van der Waals surface area contributed by atoms with Crippen LogP contribution in [-0.4, -0.2) is 26.2 Å². The Morgan fingerprint density at radius 2 is 1.92 bits per heavy atom. The Hall–Kier alpha value is 0.132. The standard InChI is InChI=1S/C3H4F2N2O3S.CH3.U/c4-3(5)1-6-2(8)7-11(3,9)10;;/h1H2,(H2,6,7,8);1H3;/q;-1;+2/p-1. The number of amides is 2. The molecule has 0 aliphatic carbocycles. The summed E-state index contributed by atoms with van der Waals surface area (Å²) in [5, 5.41) is -1.27. The molecule has 13 heavy (non-hydrogen) atoms. The van der Waals surface area contributed by atoms with Crippen LogP contribution in [0.2, 0.25) is 0 Å². The summed E-state index contributed by atoms with van der Waals surface area (Å²) in [6.07, 6.45) is 0. The Balaban J connectivity index is 0. The summed E-state index contributed by atoms with van der Waals surface area (Å²) in [5.74, 6) is 0. The topological polar surface area (TPSA) is 77.3 Å². The van der Waals surface area contributed by atoms with Gasteiger partial charge in [0.05, 0.1) is 0 Å². The summed E-state index contributed by atoms with van der Waals surface area (Å²) >= 11 is 0. The minimum atomic E-state index is -4.84. The molecule has 0 saturated carbocycles. The second kappa shape index (κ2) is 4.57. The van der Waals surface area contributed by atoms with Gasteiger partial charge in [-0.15, -0.1) is 0 Å². The second-order valence-electron chi connectivity index (χ2n) is 1.86. The zero-order valence-corrected chi connectivity index (χ0v) is 11.5. The van der Waals surface area contributed by atoms with Gasteiger partial charge >= 0.3 is 36.4 Å². The fraction of sp³-hybridized carbons (Fsp3) is 0.500. The number of sulfonamides is 1. The summed E-state index contributed by atoms with van der Waals surface area (Å²) in [5.41, 5.74) is 0. The van der Waals surface area contributed by atoms with Crippen molar-refractivity contribution in [2.45, 2.75) is 5.25 Å². The summed E-state index contributed by atoms with van der Waals surface area (Å²) in [6.45, 7) is -1.30. The van der Waals surface area contributed by atoms with Crippen molar-refractivity contribution >= 4 is 16.1 Å². The molecule has 2 amide bonds. The maximum absolute atomic E-state index is 12.3. The molecule has 1 N–H and O–H groups in total. The number of nitrogens with one attached hydrogen (secondary N) is 1. The molecule has 1 fully saturated rings. The smallest absolute Gasteiger partial charge is 0.423 e. The van der Waals surface area contributed by atoms with Crippen molar-refractivity contribution in [3.63, 3.8) is 0 Å². The Bertz CT molecular complexity index is 292. The van der Waals surface area contributed by atoms with E-state index >= 15 is 0 Å². The van der Waals surface area contributed by atoms with Crippen molar-refractivity contribution < 1.29 is 53.1 Å². The minimum absolute atomic E-state index is 0. The molecular formula is C4H6F2N2O3SU. The molecule has 1 heterocycles. The fourth-order valence-electron chi connectivity index (χ4n) is 0.471. The Morgan fingerprint density at radius 1 is 1.46 bits per heavy atom. The van der Waals surface area contributed by atoms with E-state index in [4.69, 9.17) is 0 Å². The molecule has 1 rings (SSSR count). The van der Waals surface area contributed by atoms with Crippen molar-refractivity contribution in [3.05, 3.63) is 12.7 Å². The van der Waals surface area contributed by atoms with E-state index in [1.807, 2.05) is 0 Å². The van der Waals surface area contributed by atoms with Gasteiger partial charge in [-0.2, -0.15) is 8.78 Å². The molecule has 0 atom stereocenters. The number of hydrogen-bond acceptors (Lipinski definition) is 3. The normalized spacial score (nSPS) is 22.8. The Labute approximate surface area is 98.1 Å². The summed E-state index contributed by atoms with van der Waals surface area (Å²) in [7, 11) is -4.84. The Kier molecular flexibility index (Phi) is 5.49. The quantitative estimate of drug-likeness (QED) is 0.559. The van der Waals surface area contributed by atoms with Crippen LogP contribution in [0.25, 0.3) is 5.32 Å². The van der Waals surface area contributed by atoms with Gasteiger partial charge in [0.2, 0.25) is 10.0 Å². The fourth-order valence-corrected chi connectivity index (χ4v) is 1.15. The van der Waals surface area contributed by atoms with Gasteiger partial charge in [-0.1, -0.05) is 0 Å². The van der Waals surface area contributed by atoms with E-state index in [2.05, 4.69) is 5.32 Å². The first kappa shape index (κ1) is 15.6. The van der Waals surface area contributed by atoms with Crippen LogP contribution in [0.1, 0.15) is 0 Å². The number of alkyl halides is 2. The first-order valence-corrected chi connectivity index (χ1v) is 3.95. The third-order valence-corrected chi connectivity index (χ3v) is 2.38. The number of halogens is 2. The van der Waals surface area contributed by atoms with E-state index in [9.17, 15) is 22.0 Å². The molecule has 0 bridgehead atoms. The van der Waals surface area contributed by atoms with Crippen LogP contribution < -0.4 is 4.72 Å². The zero-order valence-electron chi connectivity index (χ0n) is 6.54. The predicted octanol–water partition coefficient (Wildman–Crippen LogP) is 0.456. The number of rotatable bonds is 0. The molecular weight excluding hydrogens is 432 g/mol. The number of urea groups is 1. The van der Waals surface area contributed by atoms with E-state index in [1.165, 1.54) is 0 Å². The van der Waals surface area contributed by atoms with Crippen LogP contribution in [-0.2, 0) is 10.0 Å². The first-order valence-electron chi connectivity index (χ1n) is 2.47. The largest absolute Gasteiger partial charge is 2.00 e. The van der Waals surface area contributed by atoms with Gasteiger partial charge in [-0.05, 0) is 0 Å². The van der Waals surface area contributed by atoms with Gasteiger partial charge in [0.1, 0.15) is 0 Å². The van der Waals surface area contributed by atoms with Crippen LogP contribution in [0.4, 0.5) is 13.6 Å². The molecule has 5 nitrogen and oxygen atoms in total. The minimum Gasteiger partial charge on any atom is -0.423 e. The molecule has 9 heteroatoms. The number of carbonyl (C=O) groups excluding carboxylic acids is 1. The molecule has 74 valence electrons. The van der Waals surface area contributed by atoms with E-state index in [1.54, 1.807) is 0 Å². The van der Waals surface area contributed by atoms with Gasteiger partial charge in [-0.25, -0.2) is 8.42 Å². The number of nitrogens with zero attached hydrogens (tertiary/aromatic N) is 1. The van der Waals surface area contributed by atoms with Crippen molar-refractivity contribution in [3.8, 4) is 0 Å². The first-order chi connectivity index (χ1) is 4.85. The molecule has 0 spiro atoms. The molecule has 0 radical (unpaired) electrons. The van der Waals surface area contributed by atoms with Gasteiger partial charge in [-0.3, -0.25) is 4.79 Å². The third-order valence-electron chi connectivity index (χ3n) is 1.02. The second-order valence-corrected chi connectivity index (χ2v) is 3.67. The van der Waals surface area contributed by atoms with E-state index in [0.717, 1.165) is 4.72 Å². The zero-order chi connectivity index (χ0) is 8.70. The molecule has 0 aromatic carbocycles. The number of hydrogen-bond donors (Lipinski definition) is 1. The Morgan fingerprint density at radius 3 is 2.23 bits per heavy atom. The van der Waals surface area contributed by atoms with Gasteiger partial charge in [0, 0.05) is 6.54 Å². The average Bonchev–Trinajstić information content (AvgIpc) is 1.80. The van der Waals surface area contributed by atoms with Crippen LogP contribution in [0.5, 0.6) is 0 Å². The van der Waals surface area contributed by atoms with Crippen molar-refractivity contribution in [1.29, 1.82) is 0 Å². The molecule has 0 aromatic rings. The third kappa shape index (κ3) is 3.07. The molecule has 0 aromatic heterocycles. The molecule has 1 saturated heterocycles. The SMILES string of the molecule is O=C1[N-]CC(F)(F)S(=O)(=O)N1.[CH3-].[U+2]. The van der Waals surface area contributed by atoms with Crippen molar-refractivity contribution in [2.75, 3.05) is 6.54 Å². The van der Waals surface area contributed by atoms with Crippen LogP contribution >= 0.6 is 0 Å². The number of carbonyl (C=O) groups is 1. The molecule has 1 aliphatic rings. The van der Waals surface area contributed by atoms with Crippen LogP contribution in [0.3, 0.4) is 0 Å². The average molecular weight is 438 g/mol. The van der Waals surface area contributed by atoms with E-state index in [-0.39, 0.29) is 38.5 Å². The predicted molar refractivity (Wildman–Crippen MR) is 37.0 cm³/mol. The molecule has 1 aliphatic heterocycles. The maximum Gasteiger partial charge on any atom is 2.00 e. The summed E-state index contributed by atoms with van der Waals surface area (Å²) in [4.78, 5) is 10.2. The molecule has 0 unspecified atom stereocenters. The van der Waals surface area contributed by atoms with Crippen LogP contribution in [0, 0.1) is 38.5 Å². The van der Waals surface area contributed by atoms with Crippen molar-refractivity contribution in [2.24, 2.45) is 0 Å². The van der Waals surface area contributed by atoms with Crippen LogP contribution in [0.15, 0.2) is 0 Å². The summed E-state index contributed by atoms with van der Waals surface area (Å²) in [6, 6.07) is -1.25. The van der Waals surface area contributed by atoms with Gasteiger partial charge in [0.15, 0.2) is 6.03 Å². The van der Waals surface area contributed by atoms with E-state index < -0.39 is 27.9 Å². The maximum atomic E-state index is 12.3. The van der Waals surface area contributed by atoms with E-state index in [0.29, 0.717) is 0 Å².